The second-order valence-corrected chi connectivity index (χ2v) is 7.98. The molecule has 122 valence electrons. The third kappa shape index (κ3) is 3.02. The van der Waals surface area contributed by atoms with Crippen molar-refractivity contribution < 1.29 is 4.74 Å². The molecule has 3 heteroatoms. The molecular weight excluding hydrogens is 260 g/mol. The number of hydrogen-bond donors (Lipinski definition) is 1. The Morgan fingerprint density at radius 2 is 1.95 bits per heavy atom. The zero-order valence-corrected chi connectivity index (χ0v) is 14.0. The van der Waals surface area contributed by atoms with Crippen molar-refractivity contribution in [3.63, 3.8) is 0 Å². The van der Waals surface area contributed by atoms with Crippen LogP contribution in [0.1, 0.15) is 65.2 Å². The van der Waals surface area contributed by atoms with Gasteiger partial charge in [-0.25, -0.2) is 0 Å². The number of likely N-dealkylation sites (tertiary alicyclic amines) is 1. The van der Waals surface area contributed by atoms with Crippen LogP contribution in [0.5, 0.6) is 0 Å². The number of hydrogen-bond acceptors (Lipinski definition) is 3. The molecule has 1 saturated carbocycles. The average Bonchev–Trinajstić information content (AvgIpc) is 2.54. The number of rotatable bonds is 3. The summed E-state index contributed by atoms with van der Waals surface area (Å²) < 4.78 is 6.04. The molecule has 0 spiro atoms. The molecule has 3 nitrogen and oxygen atoms in total. The Balaban J connectivity index is 1.80. The van der Waals surface area contributed by atoms with Crippen LogP contribution in [0.15, 0.2) is 0 Å². The fourth-order valence-corrected chi connectivity index (χ4v) is 5.14. The van der Waals surface area contributed by atoms with Gasteiger partial charge in [0.05, 0.1) is 6.10 Å². The molecule has 0 bridgehead atoms. The molecule has 2 aliphatic heterocycles. The first-order valence-corrected chi connectivity index (χ1v) is 9.25. The highest BCUT2D eigenvalue weighted by atomic mass is 16.5. The second kappa shape index (κ2) is 6.55. The first-order valence-electron chi connectivity index (χ1n) is 9.25. The fraction of sp³-hybridized carbons (Fsp3) is 1.00. The standard InChI is InChI=1S/C18H34N2O/c1-14(2)17-12-18(13-19,9-11-21-17)20-10-5-7-15-6-3-4-8-16(15)20/h14-17H,3-13,19H2,1-2H3/t15-,16-,17?,18?/m1/s1. The third-order valence-corrected chi connectivity index (χ3v) is 6.46. The number of nitrogens with zero attached hydrogens (tertiary/aromatic N) is 1. The summed E-state index contributed by atoms with van der Waals surface area (Å²) in [5, 5.41) is 0. The lowest BCUT2D eigenvalue weighted by molar-refractivity contribution is -0.117. The van der Waals surface area contributed by atoms with Gasteiger partial charge in [0.2, 0.25) is 0 Å². The van der Waals surface area contributed by atoms with Crippen molar-refractivity contribution in [3.05, 3.63) is 0 Å². The highest BCUT2D eigenvalue weighted by Crippen LogP contribution is 2.42. The Morgan fingerprint density at radius 1 is 1.19 bits per heavy atom. The van der Waals surface area contributed by atoms with Crippen molar-refractivity contribution in [1.29, 1.82) is 0 Å². The van der Waals surface area contributed by atoms with Crippen molar-refractivity contribution in [2.75, 3.05) is 19.7 Å². The Hall–Kier alpha value is -0.120. The van der Waals surface area contributed by atoms with Gasteiger partial charge in [-0.05, 0) is 56.9 Å². The largest absolute Gasteiger partial charge is 0.378 e. The van der Waals surface area contributed by atoms with Gasteiger partial charge in [-0.3, -0.25) is 4.90 Å². The first-order chi connectivity index (χ1) is 10.2. The second-order valence-electron chi connectivity index (χ2n) is 7.98. The molecule has 2 unspecified atom stereocenters. The molecule has 4 atom stereocenters. The normalized spacial score (nSPS) is 42.0. The highest BCUT2D eigenvalue weighted by Gasteiger charge is 2.47. The molecule has 2 saturated heterocycles. The minimum Gasteiger partial charge on any atom is -0.378 e. The zero-order valence-electron chi connectivity index (χ0n) is 14.0. The quantitative estimate of drug-likeness (QED) is 0.869. The number of ether oxygens (including phenoxy) is 1. The van der Waals surface area contributed by atoms with Crippen molar-refractivity contribution in [2.24, 2.45) is 17.6 Å². The minimum absolute atomic E-state index is 0.216. The summed E-state index contributed by atoms with van der Waals surface area (Å²) in [4.78, 5) is 2.86. The van der Waals surface area contributed by atoms with E-state index in [1.165, 1.54) is 45.1 Å². The van der Waals surface area contributed by atoms with Crippen molar-refractivity contribution in [1.82, 2.24) is 4.90 Å². The molecule has 1 aliphatic carbocycles. The van der Waals surface area contributed by atoms with Crippen LogP contribution in [0, 0.1) is 11.8 Å². The van der Waals surface area contributed by atoms with E-state index in [2.05, 4.69) is 18.7 Å². The average molecular weight is 294 g/mol. The molecule has 3 rings (SSSR count). The van der Waals surface area contributed by atoms with Gasteiger partial charge >= 0.3 is 0 Å². The topological polar surface area (TPSA) is 38.5 Å². The molecule has 0 aromatic heterocycles. The summed E-state index contributed by atoms with van der Waals surface area (Å²) in [6.45, 7) is 7.55. The Morgan fingerprint density at radius 3 is 2.71 bits per heavy atom. The minimum atomic E-state index is 0.216. The molecule has 0 radical (unpaired) electrons. The van der Waals surface area contributed by atoms with E-state index in [9.17, 15) is 0 Å². The van der Waals surface area contributed by atoms with Crippen LogP contribution in [-0.4, -0.2) is 42.3 Å². The van der Waals surface area contributed by atoms with Gasteiger partial charge in [-0.15, -0.1) is 0 Å². The lowest BCUT2D eigenvalue weighted by atomic mass is 9.73. The summed E-state index contributed by atoms with van der Waals surface area (Å²) in [5.74, 6) is 1.54. The summed E-state index contributed by atoms with van der Waals surface area (Å²) in [6.07, 6.45) is 11.2. The van der Waals surface area contributed by atoms with E-state index < -0.39 is 0 Å². The molecule has 2 heterocycles. The lowest BCUT2D eigenvalue weighted by Gasteiger charge is -2.56. The van der Waals surface area contributed by atoms with Crippen LogP contribution < -0.4 is 5.73 Å². The van der Waals surface area contributed by atoms with Crippen LogP contribution in [-0.2, 0) is 4.74 Å². The van der Waals surface area contributed by atoms with Crippen LogP contribution in [0.4, 0.5) is 0 Å². The van der Waals surface area contributed by atoms with Crippen LogP contribution in [0.25, 0.3) is 0 Å². The lowest BCUT2D eigenvalue weighted by Crippen LogP contribution is -2.65. The fourth-order valence-electron chi connectivity index (χ4n) is 5.14. The van der Waals surface area contributed by atoms with Crippen molar-refractivity contribution in [3.8, 4) is 0 Å². The summed E-state index contributed by atoms with van der Waals surface area (Å²) >= 11 is 0. The summed E-state index contributed by atoms with van der Waals surface area (Å²) in [6, 6.07) is 0.807. The van der Waals surface area contributed by atoms with Gasteiger partial charge in [-0.1, -0.05) is 26.7 Å². The van der Waals surface area contributed by atoms with Crippen molar-refractivity contribution in [2.45, 2.75) is 82.9 Å². The number of nitrogens with two attached hydrogens (primary N) is 1. The maximum absolute atomic E-state index is 6.36. The predicted molar refractivity (Wildman–Crippen MR) is 87.3 cm³/mol. The van der Waals surface area contributed by atoms with Gasteiger partial charge < -0.3 is 10.5 Å². The molecule has 0 aromatic carbocycles. The number of piperidine rings is 1. The van der Waals surface area contributed by atoms with E-state index in [-0.39, 0.29) is 5.54 Å². The van der Waals surface area contributed by atoms with E-state index in [1.807, 2.05) is 0 Å². The van der Waals surface area contributed by atoms with E-state index in [0.717, 1.165) is 38.0 Å². The van der Waals surface area contributed by atoms with Crippen LogP contribution in [0.3, 0.4) is 0 Å². The molecule has 2 N–H and O–H groups in total. The van der Waals surface area contributed by atoms with Crippen molar-refractivity contribution >= 4 is 0 Å². The summed E-state index contributed by atoms with van der Waals surface area (Å²) in [7, 11) is 0. The Bertz CT molecular complexity index is 344. The maximum Gasteiger partial charge on any atom is 0.0616 e. The Kier molecular flexibility index (Phi) is 4.92. The van der Waals surface area contributed by atoms with Crippen LogP contribution >= 0.6 is 0 Å². The van der Waals surface area contributed by atoms with Gasteiger partial charge in [0.1, 0.15) is 0 Å². The van der Waals surface area contributed by atoms with E-state index in [0.29, 0.717) is 12.0 Å². The van der Waals surface area contributed by atoms with E-state index in [1.54, 1.807) is 0 Å². The molecular formula is C18H34N2O. The predicted octanol–water partition coefficient (Wildman–Crippen LogP) is 3.17. The Labute approximate surface area is 130 Å². The van der Waals surface area contributed by atoms with Gasteiger partial charge in [0, 0.05) is 24.7 Å². The molecule has 0 aromatic rings. The highest BCUT2D eigenvalue weighted by molar-refractivity contribution is 5.02. The van der Waals surface area contributed by atoms with Crippen LogP contribution in [0.2, 0.25) is 0 Å². The first kappa shape index (κ1) is 15.8. The monoisotopic (exact) mass is 294 g/mol. The molecule has 21 heavy (non-hydrogen) atoms. The smallest absolute Gasteiger partial charge is 0.0616 e. The third-order valence-electron chi connectivity index (χ3n) is 6.46. The molecule has 3 aliphatic rings. The molecule has 3 fully saturated rings. The SMILES string of the molecule is CC(C)C1CC(CN)(N2CCC[C@H]3CCCC[C@H]32)CCO1. The number of fused-ring (bicyclic) bond motifs is 1. The zero-order chi connectivity index (χ0) is 14.9. The van der Waals surface area contributed by atoms with Gasteiger partial charge in [0.25, 0.3) is 0 Å². The van der Waals surface area contributed by atoms with Gasteiger partial charge in [0.15, 0.2) is 0 Å². The maximum atomic E-state index is 6.36. The summed E-state index contributed by atoms with van der Waals surface area (Å²) in [5.41, 5.74) is 6.57. The van der Waals surface area contributed by atoms with E-state index in [4.69, 9.17) is 10.5 Å². The molecule has 0 amide bonds. The van der Waals surface area contributed by atoms with E-state index >= 15 is 0 Å². The van der Waals surface area contributed by atoms with Gasteiger partial charge in [-0.2, -0.15) is 0 Å².